The molecule has 0 saturated carbocycles. The average Bonchev–Trinajstić information content (AvgIpc) is 3.13. The summed E-state index contributed by atoms with van der Waals surface area (Å²) in [5.74, 6) is -0.678. The van der Waals surface area contributed by atoms with Crippen molar-refractivity contribution >= 4 is 23.2 Å². The summed E-state index contributed by atoms with van der Waals surface area (Å²) in [6.45, 7) is 3.66. The molecule has 0 spiro atoms. The molecule has 2 aromatic rings. The van der Waals surface area contributed by atoms with Crippen molar-refractivity contribution in [2.75, 3.05) is 7.11 Å². The Morgan fingerprint density at radius 3 is 2.69 bits per heavy atom. The van der Waals surface area contributed by atoms with Crippen molar-refractivity contribution in [2.45, 2.75) is 38.8 Å². The van der Waals surface area contributed by atoms with E-state index in [-0.39, 0.29) is 0 Å². The molecular weight excluding hydrogens is 356 g/mol. The highest BCUT2D eigenvalue weighted by molar-refractivity contribution is 7.07. The first kappa shape index (κ1) is 19.7. The number of thiazole rings is 1. The van der Waals surface area contributed by atoms with Gasteiger partial charge in [0.05, 0.1) is 18.3 Å². The Morgan fingerprint density at radius 1 is 1.35 bits per heavy atom. The van der Waals surface area contributed by atoms with Crippen LogP contribution in [0.3, 0.4) is 0 Å². The Kier molecular flexibility index (Phi) is 6.57. The third-order valence-corrected chi connectivity index (χ3v) is 4.53. The highest BCUT2D eigenvalue weighted by atomic mass is 32.1. The molecule has 8 heteroatoms. The van der Waals surface area contributed by atoms with Crippen molar-refractivity contribution < 1.29 is 24.2 Å². The number of hydrogen-bond acceptors (Lipinski definition) is 6. The second kappa shape index (κ2) is 8.66. The number of hydrogen-bond donors (Lipinski definition) is 2. The first-order valence-corrected chi connectivity index (χ1v) is 9.07. The quantitative estimate of drug-likeness (QED) is 0.696. The summed E-state index contributed by atoms with van der Waals surface area (Å²) in [6.07, 6.45) is 0.968. The van der Waals surface area contributed by atoms with Crippen LogP contribution in [0, 0.1) is 0 Å². The number of benzene rings is 1. The Bertz CT molecular complexity index is 763. The van der Waals surface area contributed by atoms with Crippen LogP contribution in [0.4, 0.5) is 0 Å². The van der Waals surface area contributed by atoms with Crippen LogP contribution < -0.4 is 14.8 Å². The molecule has 1 unspecified atom stereocenters. The number of aliphatic carboxylic acids is 1. The molecule has 140 valence electrons. The molecule has 0 aliphatic carbocycles. The first-order valence-electron chi connectivity index (χ1n) is 8.13. The Morgan fingerprint density at radius 2 is 2.12 bits per heavy atom. The SMILES string of the molecule is CCCC(C)(NC(=O)c1ccc(OCc2cscn2)c(OC)c1)C(=O)O. The summed E-state index contributed by atoms with van der Waals surface area (Å²) in [5, 5.41) is 13.9. The summed E-state index contributed by atoms with van der Waals surface area (Å²) in [6, 6.07) is 4.72. The highest BCUT2D eigenvalue weighted by Crippen LogP contribution is 2.29. The maximum Gasteiger partial charge on any atom is 0.329 e. The van der Waals surface area contributed by atoms with Crippen molar-refractivity contribution in [1.29, 1.82) is 0 Å². The number of rotatable bonds is 9. The van der Waals surface area contributed by atoms with Crippen LogP contribution >= 0.6 is 11.3 Å². The van der Waals surface area contributed by atoms with Gasteiger partial charge in [-0.15, -0.1) is 11.3 Å². The minimum Gasteiger partial charge on any atom is -0.493 e. The zero-order chi connectivity index (χ0) is 19.2. The van der Waals surface area contributed by atoms with Gasteiger partial charge < -0.3 is 19.9 Å². The summed E-state index contributed by atoms with van der Waals surface area (Å²) in [7, 11) is 1.48. The molecule has 0 aliphatic heterocycles. The summed E-state index contributed by atoms with van der Waals surface area (Å²) < 4.78 is 11.0. The zero-order valence-electron chi connectivity index (χ0n) is 14.9. The minimum atomic E-state index is -1.32. The lowest BCUT2D eigenvalue weighted by Gasteiger charge is -2.26. The predicted octanol–water partition coefficient (Wildman–Crippen LogP) is 3.10. The van der Waals surface area contributed by atoms with Crippen LogP contribution in [0.1, 0.15) is 42.7 Å². The number of nitrogens with zero attached hydrogens (tertiary/aromatic N) is 1. The second-order valence-corrected chi connectivity index (χ2v) is 6.69. The van der Waals surface area contributed by atoms with Crippen molar-refractivity contribution in [3.8, 4) is 11.5 Å². The van der Waals surface area contributed by atoms with E-state index in [1.165, 1.54) is 31.4 Å². The van der Waals surface area contributed by atoms with E-state index in [0.29, 0.717) is 36.5 Å². The number of nitrogens with one attached hydrogen (secondary N) is 1. The lowest BCUT2D eigenvalue weighted by Crippen LogP contribution is -2.52. The van der Waals surface area contributed by atoms with Gasteiger partial charge in [-0.3, -0.25) is 4.79 Å². The third kappa shape index (κ3) is 4.72. The van der Waals surface area contributed by atoms with Gasteiger partial charge in [0.15, 0.2) is 11.5 Å². The number of amides is 1. The molecule has 7 nitrogen and oxygen atoms in total. The molecule has 26 heavy (non-hydrogen) atoms. The van der Waals surface area contributed by atoms with Crippen LogP contribution in [0.2, 0.25) is 0 Å². The highest BCUT2D eigenvalue weighted by Gasteiger charge is 2.34. The van der Waals surface area contributed by atoms with E-state index in [0.717, 1.165) is 5.69 Å². The van der Waals surface area contributed by atoms with Crippen LogP contribution in [0.5, 0.6) is 11.5 Å². The molecule has 0 bridgehead atoms. The third-order valence-electron chi connectivity index (χ3n) is 3.90. The van der Waals surface area contributed by atoms with Crippen molar-refractivity contribution in [2.24, 2.45) is 0 Å². The number of ether oxygens (including phenoxy) is 2. The molecular formula is C18H22N2O5S. The van der Waals surface area contributed by atoms with E-state index in [1.807, 2.05) is 12.3 Å². The number of carbonyl (C=O) groups is 2. The fourth-order valence-corrected chi connectivity index (χ4v) is 2.98. The van der Waals surface area contributed by atoms with E-state index in [4.69, 9.17) is 9.47 Å². The van der Waals surface area contributed by atoms with E-state index in [9.17, 15) is 14.7 Å². The summed E-state index contributed by atoms with van der Waals surface area (Å²) >= 11 is 1.48. The van der Waals surface area contributed by atoms with Crippen molar-refractivity contribution in [3.05, 3.63) is 40.3 Å². The Labute approximate surface area is 156 Å². The van der Waals surface area contributed by atoms with Crippen LogP contribution in [-0.4, -0.2) is 34.6 Å². The molecule has 0 radical (unpaired) electrons. The Balaban J connectivity index is 2.14. The van der Waals surface area contributed by atoms with E-state index in [2.05, 4.69) is 10.3 Å². The lowest BCUT2D eigenvalue weighted by molar-refractivity contribution is -0.144. The number of carboxylic acid groups (broad SMARTS) is 1. The molecule has 0 fully saturated rings. The molecule has 0 aliphatic rings. The topological polar surface area (TPSA) is 97.8 Å². The normalized spacial score (nSPS) is 12.9. The largest absolute Gasteiger partial charge is 0.493 e. The molecule has 2 N–H and O–H groups in total. The van der Waals surface area contributed by atoms with Gasteiger partial charge in [-0.25, -0.2) is 9.78 Å². The first-order chi connectivity index (χ1) is 12.4. The molecule has 1 aromatic carbocycles. The molecule has 0 saturated heterocycles. The van der Waals surface area contributed by atoms with Gasteiger partial charge in [-0.1, -0.05) is 13.3 Å². The maximum absolute atomic E-state index is 12.5. The number of carboxylic acids is 1. The van der Waals surface area contributed by atoms with Gasteiger partial charge in [-0.2, -0.15) is 0 Å². The van der Waals surface area contributed by atoms with Crippen LogP contribution in [0.25, 0.3) is 0 Å². The summed E-state index contributed by atoms with van der Waals surface area (Å²) in [5.41, 5.74) is 1.50. The number of methoxy groups -OCH3 is 1. The van der Waals surface area contributed by atoms with Crippen LogP contribution in [0.15, 0.2) is 29.1 Å². The van der Waals surface area contributed by atoms with Gasteiger partial charge in [0.1, 0.15) is 12.1 Å². The second-order valence-electron chi connectivity index (χ2n) is 5.98. The van der Waals surface area contributed by atoms with Crippen molar-refractivity contribution in [1.82, 2.24) is 10.3 Å². The smallest absolute Gasteiger partial charge is 0.329 e. The average molecular weight is 378 g/mol. The zero-order valence-corrected chi connectivity index (χ0v) is 15.8. The van der Waals surface area contributed by atoms with E-state index < -0.39 is 17.4 Å². The molecule has 1 amide bonds. The minimum absolute atomic E-state index is 0.291. The summed E-state index contributed by atoms with van der Waals surface area (Å²) in [4.78, 5) is 28.1. The number of aromatic nitrogens is 1. The number of carbonyl (C=O) groups excluding carboxylic acids is 1. The maximum atomic E-state index is 12.5. The molecule has 1 heterocycles. The molecule has 2 rings (SSSR count). The van der Waals surface area contributed by atoms with Gasteiger partial charge in [-0.05, 0) is 31.5 Å². The fraction of sp³-hybridized carbons (Fsp3) is 0.389. The molecule has 1 atom stereocenters. The van der Waals surface area contributed by atoms with Gasteiger partial charge in [0, 0.05) is 10.9 Å². The fourth-order valence-electron chi connectivity index (χ4n) is 2.43. The van der Waals surface area contributed by atoms with E-state index in [1.54, 1.807) is 17.6 Å². The van der Waals surface area contributed by atoms with E-state index >= 15 is 0 Å². The molecule has 1 aromatic heterocycles. The van der Waals surface area contributed by atoms with Gasteiger partial charge in [0.25, 0.3) is 5.91 Å². The lowest BCUT2D eigenvalue weighted by atomic mass is 9.95. The Hall–Kier alpha value is -2.61. The predicted molar refractivity (Wildman–Crippen MR) is 97.9 cm³/mol. The van der Waals surface area contributed by atoms with Crippen LogP contribution in [-0.2, 0) is 11.4 Å². The van der Waals surface area contributed by atoms with Crippen molar-refractivity contribution in [3.63, 3.8) is 0 Å². The monoisotopic (exact) mass is 378 g/mol. The van der Waals surface area contributed by atoms with Gasteiger partial charge in [0.2, 0.25) is 0 Å². The van der Waals surface area contributed by atoms with Gasteiger partial charge >= 0.3 is 5.97 Å². The standard InChI is InChI=1S/C18H22N2O5S/c1-4-7-18(2,17(22)23)20-16(21)12-5-6-14(15(8-12)24-3)25-9-13-10-26-11-19-13/h5-6,8,10-11H,4,7,9H2,1-3H3,(H,20,21)(H,22,23).